The van der Waals surface area contributed by atoms with Crippen LogP contribution in [-0.2, 0) is 0 Å². The molecule has 2 rings (SSSR count). The third kappa shape index (κ3) is 1.92. The maximum absolute atomic E-state index is 6.01. The van der Waals surface area contributed by atoms with E-state index in [0.717, 1.165) is 6.42 Å². The summed E-state index contributed by atoms with van der Waals surface area (Å²) in [5.41, 5.74) is 7.31. The topological polar surface area (TPSA) is 26.0 Å². The Morgan fingerprint density at radius 1 is 1.36 bits per heavy atom. The molecule has 0 amide bonds. The van der Waals surface area contributed by atoms with Crippen molar-refractivity contribution in [2.75, 3.05) is 0 Å². The number of rotatable bonds is 2. The van der Waals surface area contributed by atoms with E-state index >= 15 is 0 Å². The molecule has 0 saturated carbocycles. The summed E-state index contributed by atoms with van der Waals surface area (Å²) >= 11 is 1.78. The van der Waals surface area contributed by atoms with Crippen molar-refractivity contribution in [2.24, 2.45) is 5.73 Å². The fraction of sp³-hybridized carbons (Fsp3) is 0.273. The van der Waals surface area contributed by atoms with Crippen LogP contribution in [0, 0.1) is 0 Å². The molecule has 3 heteroatoms. The van der Waals surface area contributed by atoms with Gasteiger partial charge in [-0.05, 0) is 28.8 Å². The van der Waals surface area contributed by atoms with Gasteiger partial charge in [-0.3, -0.25) is 0 Å². The van der Waals surface area contributed by atoms with Crippen LogP contribution in [0.1, 0.15) is 24.9 Å². The highest BCUT2D eigenvalue weighted by atomic mass is 35.5. The Kier molecular flexibility index (Phi) is 3.93. The van der Waals surface area contributed by atoms with Crippen LogP contribution in [-0.4, -0.2) is 0 Å². The lowest BCUT2D eigenvalue weighted by atomic mass is 10.1. The van der Waals surface area contributed by atoms with E-state index in [4.69, 9.17) is 5.73 Å². The monoisotopic (exact) mass is 227 g/mol. The van der Waals surface area contributed by atoms with Gasteiger partial charge >= 0.3 is 0 Å². The lowest BCUT2D eigenvalue weighted by Gasteiger charge is -2.06. The van der Waals surface area contributed by atoms with Gasteiger partial charge in [-0.1, -0.05) is 25.1 Å². The first kappa shape index (κ1) is 11.5. The van der Waals surface area contributed by atoms with Crippen LogP contribution in [0.2, 0.25) is 0 Å². The molecule has 0 bridgehead atoms. The number of fused-ring (bicyclic) bond motifs is 1. The van der Waals surface area contributed by atoms with Gasteiger partial charge in [0, 0.05) is 10.7 Å². The van der Waals surface area contributed by atoms with Crippen LogP contribution in [0.3, 0.4) is 0 Å². The van der Waals surface area contributed by atoms with Gasteiger partial charge in [0.05, 0.1) is 0 Å². The quantitative estimate of drug-likeness (QED) is 0.831. The average Bonchev–Trinajstić information content (AvgIpc) is 2.60. The number of thiophene rings is 1. The molecule has 76 valence electrons. The van der Waals surface area contributed by atoms with Crippen LogP contribution in [0.4, 0.5) is 0 Å². The Labute approximate surface area is 94.3 Å². The normalized spacial score (nSPS) is 12.4. The molecular formula is C11H14ClNS. The number of hydrogen-bond acceptors (Lipinski definition) is 2. The largest absolute Gasteiger partial charge is 0.324 e. The minimum absolute atomic E-state index is 0. The van der Waals surface area contributed by atoms with Gasteiger partial charge < -0.3 is 5.73 Å². The molecule has 0 saturated heterocycles. The minimum atomic E-state index is 0. The molecule has 14 heavy (non-hydrogen) atoms. The second-order valence-corrected chi connectivity index (χ2v) is 4.11. The van der Waals surface area contributed by atoms with Gasteiger partial charge in [0.15, 0.2) is 0 Å². The van der Waals surface area contributed by atoms with Crippen molar-refractivity contribution in [3.63, 3.8) is 0 Å². The molecule has 0 unspecified atom stereocenters. The third-order valence-electron chi connectivity index (χ3n) is 2.35. The van der Waals surface area contributed by atoms with Crippen molar-refractivity contribution in [3.05, 3.63) is 35.2 Å². The molecule has 0 radical (unpaired) electrons. The van der Waals surface area contributed by atoms with Gasteiger partial charge in [-0.25, -0.2) is 0 Å². The Balaban J connectivity index is 0.000000980. The maximum atomic E-state index is 6.01. The van der Waals surface area contributed by atoms with E-state index in [-0.39, 0.29) is 18.4 Å². The molecule has 1 aromatic carbocycles. The van der Waals surface area contributed by atoms with Crippen molar-refractivity contribution in [2.45, 2.75) is 19.4 Å². The van der Waals surface area contributed by atoms with Gasteiger partial charge in [0.2, 0.25) is 0 Å². The van der Waals surface area contributed by atoms with Crippen LogP contribution in [0.15, 0.2) is 29.6 Å². The molecule has 1 nitrogen and oxygen atoms in total. The molecule has 1 heterocycles. The number of nitrogens with two attached hydrogens (primary N) is 1. The average molecular weight is 228 g/mol. The first-order valence-corrected chi connectivity index (χ1v) is 5.42. The standard InChI is InChI=1S/C11H13NS.ClH/c1-2-10(12)9-7-13-11-6-4-3-5-8(9)11;/h3-7,10H,2,12H2,1H3;1H/t10-;/m1./s1. The zero-order valence-electron chi connectivity index (χ0n) is 8.07. The Hall–Kier alpha value is -0.570. The van der Waals surface area contributed by atoms with Crippen LogP contribution in [0.5, 0.6) is 0 Å². The number of benzene rings is 1. The summed E-state index contributed by atoms with van der Waals surface area (Å²) in [6, 6.07) is 8.62. The van der Waals surface area contributed by atoms with E-state index in [1.54, 1.807) is 11.3 Å². The van der Waals surface area contributed by atoms with Crippen molar-refractivity contribution in [1.82, 2.24) is 0 Å². The lowest BCUT2D eigenvalue weighted by molar-refractivity contribution is 0.706. The van der Waals surface area contributed by atoms with Gasteiger partial charge in [-0.15, -0.1) is 23.7 Å². The predicted molar refractivity (Wildman–Crippen MR) is 66.3 cm³/mol. The zero-order chi connectivity index (χ0) is 9.26. The van der Waals surface area contributed by atoms with E-state index in [0.29, 0.717) is 0 Å². The van der Waals surface area contributed by atoms with E-state index in [9.17, 15) is 0 Å². The number of halogens is 1. The van der Waals surface area contributed by atoms with Crippen LogP contribution >= 0.6 is 23.7 Å². The zero-order valence-corrected chi connectivity index (χ0v) is 9.70. The lowest BCUT2D eigenvalue weighted by Crippen LogP contribution is -2.07. The summed E-state index contributed by atoms with van der Waals surface area (Å²) in [6.07, 6.45) is 1.00. The third-order valence-corrected chi connectivity index (χ3v) is 3.33. The predicted octanol–water partition coefficient (Wildman–Crippen LogP) is 3.73. The van der Waals surface area contributed by atoms with Crippen molar-refractivity contribution < 1.29 is 0 Å². The maximum Gasteiger partial charge on any atom is 0.0346 e. The van der Waals surface area contributed by atoms with Crippen molar-refractivity contribution >= 4 is 33.8 Å². The molecule has 2 aromatic rings. The SMILES string of the molecule is CC[C@@H](N)c1csc2ccccc12.Cl. The van der Waals surface area contributed by atoms with E-state index in [1.807, 2.05) is 0 Å². The molecule has 0 spiro atoms. The molecular weight excluding hydrogens is 214 g/mol. The van der Waals surface area contributed by atoms with Crippen LogP contribution in [0.25, 0.3) is 10.1 Å². The molecule has 2 N–H and O–H groups in total. The van der Waals surface area contributed by atoms with Crippen LogP contribution < -0.4 is 5.73 Å². The van der Waals surface area contributed by atoms with E-state index in [2.05, 4.69) is 36.6 Å². The van der Waals surface area contributed by atoms with E-state index < -0.39 is 0 Å². The first-order chi connectivity index (χ1) is 6.33. The molecule has 0 aliphatic carbocycles. The summed E-state index contributed by atoms with van der Waals surface area (Å²) in [6.45, 7) is 2.12. The second-order valence-electron chi connectivity index (χ2n) is 3.20. The molecule has 0 aliphatic rings. The highest BCUT2D eigenvalue weighted by Crippen LogP contribution is 2.30. The summed E-state index contributed by atoms with van der Waals surface area (Å²) in [5, 5.41) is 3.50. The van der Waals surface area contributed by atoms with Gasteiger partial charge in [0.1, 0.15) is 0 Å². The molecule has 0 fully saturated rings. The Morgan fingerprint density at radius 3 is 2.79 bits per heavy atom. The Bertz CT molecular complexity index is 410. The summed E-state index contributed by atoms with van der Waals surface area (Å²) in [7, 11) is 0. The summed E-state index contributed by atoms with van der Waals surface area (Å²) in [5.74, 6) is 0. The molecule has 1 atom stereocenters. The smallest absolute Gasteiger partial charge is 0.0346 e. The highest BCUT2D eigenvalue weighted by Gasteiger charge is 2.08. The fourth-order valence-electron chi connectivity index (χ4n) is 1.51. The van der Waals surface area contributed by atoms with E-state index in [1.165, 1.54) is 15.6 Å². The first-order valence-electron chi connectivity index (χ1n) is 4.54. The van der Waals surface area contributed by atoms with Gasteiger partial charge in [-0.2, -0.15) is 0 Å². The summed E-state index contributed by atoms with van der Waals surface area (Å²) in [4.78, 5) is 0. The van der Waals surface area contributed by atoms with Crippen molar-refractivity contribution in [3.8, 4) is 0 Å². The fourth-order valence-corrected chi connectivity index (χ4v) is 2.53. The second kappa shape index (κ2) is 4.78. The molecule has 0 aliphatic heterocycles. The van der Waals surface area contributed by atoms with Crippen molar-refractivity contribution in [1.29, 1.82) is 0 Å². The summed E-state index contributed by atoms with van der Waals surface area (Å²) < 4.78 is 1.33. The minimum Gasteiger partial charge on any atom is -0.324 e. The Morgan fingerprint density at radius 2 is 2.07 bits per heavy atom. The highest BCUT2D eigenvalue weighted by molar-refractivity contribution is 7.17. The number of hydrogen-bond donors (Lipinski definition) is 1. The molecule has 1 aromatic heterocycles. The van der Waals surface area contributed by atoms with Gasteiger partial charge in [0.25, 0.3) is 0 Å².